The minimum absolute atomic E-state index is 0.0479. The van der Waals surface area contributed by atoms with E-state index in [1.54, 1.807) is 6.07 Å². The van der Waals surface area contributed by atoms with E-state index in [4.69, 9.17) is 34.8 Å². The van der Waals surface area contributed by atoms with Gasteiger partial charge in [0, 0.05) is 11.2 Å². The second-order valence-electron chi connectivity index (χ2n) is 5.97. The highest BCUT2D eigenvalue weighted by molar-refractivity contribution is 6.37. The number of urea groups is 1. The number of carbonyl (C=O) groups excluding carboxylic acids is 2. The SMILES string of the molecule is CC(C)c1cc(Cl)cc(Cl)c1NC(=O)NC(=O)c1ncc(C(F)(F)F)cc1Cl. The molecule has 5 nitrogen and oxygen atoms in total. The minimum Gasteiger partial charge on any atom is -0.306 e. The van der Waals surface area contributed by atoms with Gasteiger partial charge in [0.05, 0.1) is 21.3 Å². The molecule has 3 amide bonds. The average molecular weight is 455 g/mol. The van der Waals surface area contributed by atoms with Crippen molar-refractivity contribution in [2.24, 2.45) is 0 Å². The van der Waals surface area contributed by atoms with Crippen LogP contribution in [-0.2, 0) is 6.18 Å². The molecule has 0 spiro atoms. The molecule has 1 aromatic heterocycles. The highest BCUT2D eigenvalue weighted by atomic mass is 35.5. The van der Waals surface area contributed by atoms with Crippen LogP contribution in [0.15, 0.2) is 24.4 Å². The van der Waals surface area contributed by atoms with Gasteiger partial charge in [-0.25, -0.2) is 9.78 Å². The van der Waals surface area contributed by atoms with Crippen LogP contribution in [0, 0.1) is 0 Å². The number of benzene rings is 1. The number of carbonyl (C=O) groups is 2. The predicted octanol–water partition coefficient (Wildman–Crippen LogP) is 6.15. The maximum atomic E-state index is 12.6. The molecule has 0 unspecified atom stereocenters. The standard InChI is InChI=1S/C17H13Cl3F3N3O2/c1-7(2)10-4-9(18)5-12(20)13(10)25-16(28)26-15(27)14-11(19)3-8(6-24-14)17(21,22)23/h3-7H,1-2H3,(H2,25,26,27,28). The van der Waals surface area contributed by atoms with E-state index in [2.05, 4.69) is 10.3 Å². The maximum absolute atomic E-state index is 12.6. The molecular weight excluding hydrogens is 442 g/mol. The van der Waals surface area contributed by atoms with Crippen molar-refractivity contribution in [2.75, 3.05) is 5.32 Å². The first kappa shape index (κ1) is 22.3. The van der Waals surface area contributed by atoms with Gasteiger partial charge in [-0.1, -0.05) is 48.7 Å². The molecule has 11 heteroatoms. The normalized spacial score (nSPS) is 11.5. The number of alkyl halides is 3. The summed E-state index contributed by atoms with van der Waals surface area (Å²) in [6.45, 7) is 3.70. The van der Waals surface area contributed by atoms with Crippen LogP contribution in [-0.4, -0.2) is 16.9 Å². The Balaban J connectivity index is 2.20. The van der Waals surface area contributed by atoms with Crippen LogP contribution < -0.4 is 10.6 Å². The molecule has 0 saturated carbocycles. The molecule has 0 aliphatic rings. The zero-order valence-electron chi connectivity index (χ0n) is 14.4. The fourth-order valence-electron chi connectivity index (χ4n) is 2.25. The third kappa shape index (κ3) is 5.27. The highest BCUT2D eigenvalue weighted by Crippen LogP contribution is 2.34. The molecule has 0 atom stereocenters. The third-order valence-corrected chi connectivity index (χ3v) is 4.36. The molecular formula is C17H13Cl3F3N3O2. The van der Waals surface area contributed by atoms with Crippen molar-refractivity contribution in [1.82, 2.24) is 10.3 Å². The second-order valence-corrected chi connectivity index (χ2v) is 7.22. The summed E-state index contributed by atoms with van der Waals surface area (Å²) in [5, 5.41) is 4.35. The lowest BCUT2D eigenvalue weighted by molar-refractivity contribution is -0.137. The molecule has 0 fully saturated rings. The van der Waals surface area contributed by atoms with E-state index in [0.717, 1.165) is 0 Å². The van der Waals surface area contributed by atoms with Crippen LogP contribution in [0.3, 0.4) is 0 Å². The smallest absolute Gasteiger partial charge is 0.306 e. The predicted molar refractivity (Wildman–Crippen MR) is 101 cm³/mol. The molecule has 0 radical (unpaired) electrons. The molecule has 2 rings (SSSR count). The van der Waals surface area contributed by atoms with Gasteiger partial charge in [0.15, 0.2) is 0 Å². The Morgan fingerprint density at radius 1 is 1.07 bits per heavy atom. The first-order chi connectivity index (χ1) is 12.9. The van der Waals surface area contributed by atoms with Crippen molar-refractivity contribution in [1.29, 1.82) is 0 Å². The summed E-state index contributed by atoms with van der Waals surface area (Å²) in [7, 11) is 0. The monoisotopic (exact) mass is 453 g/mol. The Hall–Kier alpha value is -2.03. The summed E-state index contributed by atoms with van der Waals surface area (Å²) in [6.07, 6.45) is -4.22. The lowest BCUT2D eigenvalue weighted by Crippen LogP contribution is -2.35. The van der Waals surface area contributed by atoms with Crippen LogP contribution in [0.5, 0.6) is 0 Å². The largest absolute Gasteiger partial charge is 0.417 e. The second kappa shape index (κ2) is 8.55. The molecule has 0 saturated heterocycles. The molecule has 0 aliphatic carbocycles. The molecule has 1 aromatic carbocycles. The van der Waals surface area contributed by atoms with Gasteiger partial charge in [-0.05, 0) is 29.7 Å². The lowest BCUT2D eigenvalue weighted by atomic mass is 10.0. The number of amides is 3. The van der Waals surface area contributed by atoms with E-state index in [9.17, 15) is 22.8 Å². The van der Waals surface area contributed by atoms with Gasteiger partial charge < -0.3 is 5.32 Å². The molecule has 1 heterocycles. The van der Waals surface area contributed by atoms with Crippen LogP contribution >= 0.6 is 34.8 Å². The number of aromatic nitrogens is 1. The van der Waals surface area contributed by atoms with Gasteiger partial charge in [0.25, 0.3) is 5.91 Å². The zero-order valence-corrected chi connectivity index (χ0v) is 16.7. The van der Waals surface area contributed by atoms with Crippen LogP contribution in [0.1, 0.15) is 41.4 Å². The number of nitrogens with one attached hydrogen (secondary N) is 2. The summed E-state index contributed by atoms with van der Waals surface area (Å²) in [4.78, 5) is 27.7. The van der Waals surface area contributed by atoms with Gasteiger partial charge in [-0.15, -0.1) is 0 Å². The molecule has 2 aromatic rings. The van der Waals surface area contributed by atoms with Crippen molar-refractivity contribution in [2.45, 2.75) is 25.9 Å². The Morgan fingerprint density at radius 3 is 2.25 bits per heavy atom. The Kier molecular flexibility index (Phi) is 6.80. The van der Waals surface area contributed by atoms with E-state index >= 15 is 0 Å². The Bertz CT molecular complexity index is 934. The molecule has 0 aliphatic heterocycles. The summed E-state index contributed by atoms with van der Waals surface area (Å²) in [5.74, 6) is -1.12. The van der Waals surface area contributed by atoms with Crippen LogP contribution in [0.2, 0.25) is 15.1 Å². The van der Waals surface area contributed by atoms with E-state index in [1.165, 1.54) is 6.07 Å². The van der Waals surface area contributed by atoms with E-state index in [-0.39, 0.29) is 16.6 Å². The number of hydrogen-bond donors (Lipinski definition) is 2. The van der Waals surface area contributed by atoms with Crippen LogP contribution in [0.4, 0.5) is 23.7 Å². The first-order valence-corrected chi connectivity index (χ1v) is 8.87. The summed E-state index contributed by atoms with van der Waals surface area (Å²) in [5.41, 5.74) is -0.771. The summed E-state index contributed by atoms with van der Waals surface area (Å²) in [6, 6.07) is 2.62. The van der Waals surface area contributed by atoms with Crippen molar-refractivity contribution in [3.05, 3.63) is 56.3 Å². The molecule has 28 heavy (non-hydrogen) atoms. The van der Waals surface area contributed by atoms with Crippen molar-refractivity contribution in [3.63, 3.8) is 0 Å². The van der Waals surface area contributed by atoms with Gasteiger partial charge in [-0.3, -0.25) is 10.1 Å². The number of nitrogens with zero attached hydrogens (tertiary/aromatic N) is 1. The number of rotatable bonds is 3. The third-order valence-electron chi connectivity index (χ3n) is 3.56. The summed E-state index contributed by atoms with van der Waals surface area (Å²) < 4.78 is 37.9. The van der Waals surface area contributed by atoms with Crippen molar-refractivity contribution in [3.8, 4) is 0 Å². The quantitative estimate of drug-likeness (QED) is 0.585. The van der Waals surface area contributed by atoms with E-state index < -0.39 is 34.4 Å². The number of imide groups is 1. The average Bonchev–Trinajstić information content (AvgIpc) is 2.55. The van der Waals surface area contributed by atoms with Crippen molar-refractivity contribution >= 4 is 52.4 Å². The fraction of sp³-hybridized carbons (Fsp3) is 0.235. The van der Waals surface area contributed by atoms with Crippen molar-refractivity contribution < 1.29 is 22.8 Å². The lowest BCUT2D eigenvalue weighted by Gasteiger charge is -2.16. The topological polar surface area (TPSA) is 71.1 Å². The Labute approximate surface area is 173 Å². The van der Waals surface area contributed by atoms with Gasteiger partial charge in [0.2, 0.25) is 0 Å². The van der Waals surface area contributed by atoms with Gasteiger partial charge in [-0.2, -0.15) is 13.2 Å². The molecule has 2 N–H and O–H groups in total. The number of halogens is 6. The van der Waals surface area contributed by atoms with Crippen LogP contribution in [0.25, 0.3) is 0 Å². The number of anilines is 1. The van der Waals surface area contributed by atoms with E-state index in [1.807, 2.05) is 19.2 Å². The minimum atomic E-state index is -4.67. The Morgan fingerprint density at radius 2 is 1.71 bits per heavy atom. The maximum Gasteiger partial charge on any atom is 0.417 e. The molecule has 0 bridgehead atoms. The van der Waals surface area contributed by atoms with E-state index in [0.29, 0.717) is 22.8 Å². The fourth-order valence-corrected chi connectivity index (χ4v) is 3.06. The number of hydrogen-bond acceptors (Lipinski definition) is 3. The highest BCUT2D eigenvalue weighted by Gasteiger charge is 2.32. The van der Waals surface area contributed by atoms with Gasteiger partial charge >= 0.3 is 12.2 Å². The van der Waals surface area contributed by atoms with Gasteiger partial charge in [0.1, 0.15) is 5.69 Å². The molecule has 150 valence electrons. The number of pyridine rings is 1. The summed E-state index contributed by atoms with van der Waals surface area (Å²) >= 11 is 17.8. The first-order valence-electron chi connectivity index (χ1n) is 7.74. The zero-order chi connectivity index (χ0) is 21.2.